The molecule has 0 aliphatic heterocycles. The molecule has 0 N–H and O–H groups in total. The topological polar surface area (TPSA) is 56.3 Å². The molecule has 0 aliphatic carbocycles. The molecule has 136 valence electrons. The smallest absolute Gasteiger partial charge is 0.341 e. The van der Waals surface area contributed by atoms with Gasteiger partial charge in [-0.05, 0) is 38.8 Å². The molecule has 0 spiro atoms. The van der Waals surface area contributed by atoms with Crippen LogP contribution in [-0.2, 0) is 14.3 Å². The van der Waals surface area contributed by atoms with Crippen LogP contribution in [0, 0.1) is 0 Å². The number of nitrogens with zero attached hydrogens (tertiary/aromatic N) is 1. The first kappa shape index (κ1) is 21.0. The number of rotatable bonds is 7. The number of carbonyl (C=O) groups excluding carboxylic acids is 2. The molecular weight excluding hydrogens is 334 g/mol. The summed E-state index contributed by atoms with van der Waals surface area (Å²) in [5.41, 5.74) is 3.12. The van der Waals surface area contributed by atoms with Crippen molar-refractivity contribution in [3.63, 3.8) is 0 Å². The Hall–Kier alpha value is -2.01. The first-order valence-electron chi connectivity index (χ1n) is 8.69. The number of hydrogen-bond acceptors (Lipinski definition) is 5. The Labute approximate surface area is 153 Å². The molecule has 0 unspecified atom stereocenters. The van der Waals surface area contributed by atoms with Crippen molar-refractivity contribution in [1.82, 2.24) is 4.98 Å². The van der Waals surface area contributed by atoms with Gasteiger partial charge in [0.1, 0.15) is 6.10 Å². The van der Waals surface area contributed by atoms with Gasteiger partial charge in [-0.15, -0.1) is 11.3 Å². The zero-order valence-electron chi connectivity index (χ0n) is 15.5. The van der Waals surface area contributed by atoms with E-state index in [-0.39, 0.29) is 17.5 Å². The summed E-state index contributed by atoms with van der Waals surface area (Å²) in [6.07, 6.45) is 5.12. The number of para-hydroxylation sites is 1. The predicted molar refractivity (Wildman–Crippen MR) is 104 cm³/mol. The van der Waals surface area contributed by atoms with Crippen molar-refractivity contribution in [3.8, 4) is 0 Å². The average molecular weight is 362 g/mol. The van der Waals surface area contributed by atoms with Crippen LogP contribution in [0.25, 0.3) is 10.2 Å². The Morgan fingerprint density at radius 2 is 1.84 bits per heavy atom. The molecule has 0 radical (unpaired) electrons. The SMILES string of the molecule is C/C=C(/C(C)=O)C(=O)OC(CCC)CCC.c1ccc2scnc2c1. The number of benzene rings is 1. The highest BCUT2D eigenvalue weighted by atomic mass is 32.1. The van der Waals surface area contributed by atoms with Gasteiger partial charge in [0, 0.05) is 0 Å². The minimum atomic E-state index is -0.484. The second-order valence-electron chi connectivity index (χ2n) is 5.68. The van der Waals surface area contributed by atoms with E-state index < -0.39 is 5.97 Å². The largest absolute Gasteiger partial charge is 0.459 e. The Morgan fingerprint density at radius 3 is 2.36 bits per heavy atom. The van der Waals surface area contributed by atoms with Gasteiger partial charge in [0.05, 0.1) is 21.3 Å². The number of thiazole rings is 1. The third-order valence-corrected chi connectivity index (χ3v) is 4.43. The van der Waals surface area contributed by atoms with Crippen molar-refractivity contribution >= 4 is 33.3 Å². The number of carbonyl (C=O) groups is 2. The molecule has 0 bridgehead atoms. The van der Waals surface area contributed by atoms with Gasteiger partial charge in [-0.1, -0.05) is 44.9 Å². The van der Waals surface area contributed by atoms with Crippen LogP contribution in [0.4, 0.5) is 0 Å². The Bertz CT molecular complexity index is 670. The standard InChI is InChI=1S/C13H22O3.C7H5NS/c1-5-8-11(9-6-2)16-13(15)12(7-3)10(4)14;1-2-4-7-6(3-1)8-5-9-7/h7,11H,5-6,8-9H2,1-4H3;1-5H/b12-7-;. The van der Waals surface area contributed by atoms with Gasteiger partial charge in [0.2, 0.25) is 0 Å². The summed E-state index contributed by atoms with van der Waals surface area (Å²) >= 11 is 1.68. The minimum Gasteiger partial charge on any atom is -0.459 e. The summed E-state index contributed by atoms with van der Waals surface area (Å²) in [7, 11) is 0. The predicted octanol–water partition coefficient (Wildman–Crippen LogP) is 5.33. The van der Waals surface area contributed by atoms with Crippen LogP contribution in [-0.4, -0.2) is 22.8 Å². The number of hydrogen-bond donors (Lipinski definition) is 0. The fourth-order valence-electron chi connectivity index (χ4n) is 2.39. The highest BCUT2D eigenvalue weighted by Crippen LogP contribution is 2.15. The molecule has 1 heterocycles. The highest BCUT2D eigenvalue weighted by molar-refractivity contribution is 7.16. The van der Waals surface area contributed by atoms with E-state index in [2.05, 4.69) is 24.9 Å². The lowest BCUT2D eigenvalue weighted by Gasteiger charge is -2.16. The first-order chi connectivity index (χ1) is 12.0. The van der Waals surface area contributed by atoms with Crippen molar-refractivity contribution in [2.45, 2.75) is 59.5 Å². The molecule has 0 amide bonds. The normalized spacial score (nSPS) is 11.2. The second-order valence-corrected chi connectivity index (χ2v) is 6.57. The molecule has 1 aromatic heterocycles. The van der Waals surface area contributed by atoms with Gasteiger partial charge in [0.15, 0.2) is 5.78 Å². The van der Waals surface area contributed by atoms with Gasteiger partial charge in [0.25, 0.3) is 0 Å². The molecule has 2 aromatic rings. The fourth-order valence-corrected chi connectivity index (χ4v) is 3.07. The lowest BCUT2D eigenvalue weighted by molar-refractivity contribution is -0.146. The van der Waals surface area contributed by atoms with Crippen molar-refractivity contribution in [1.29, 1.82) is 0 Å². The van der Waals surface area contributed by atoms with Crippen molar-refractivity contribution < 1.29 is 14.3 Å². The quantitative estimate of drug-likeness (QED) is 0.289. The summed E-state index contributed by atoms with van der Waals surface area (Å²) in [6.45, 7) is 7.16. The Kier molecular flexibility index (Phi) is 9.70. The summed E-state index contributed by atoms with van der Waals surface area (Å²) in [6, 6.07) is 8.13. The number of aromatic nitrogens is 1. The van der Waals surface area contributed by atoms with Crippen LogP contribution < -0.4 is 0 Å². The van der Waals surface area contributed by atoms with Gasteiger partial charge in [-0.3, -0.25) is 4.79 Å². The van der Waals surface area contributed by atoms with Gasteiger partial charge in [-0.2, -0.15) is 0 Å². The zero-order chi connectivity index (χ0) is 18.7. The van der Waals surface area contributed by atoms with Crippen LogP contribution in [0.2, 0.25) is 0 Å². The van der Waals surface area contributed by atoms with Crippen LogP contribution in [0.1, 0.15) is 53.4 Å². The van der Waals surface area contributed by atoms with Crippen LogP contribution in [0.3, 0.4) is 0 Å². The Morgan fingerprint density at radius 1 is 1.20 bits per heavy atom. The van der Waals surface area contributed by atoms with Crippen molar-refractivity contribution in [2.24, 2.45) is 0 Å². The fraction of sp³-hybridized carbons (Fsp3) is 0.450. The minimum absolute atomic E-state index is 0.0585. The number of Topliss-reactive ketones (excluding diaryl/α,β-unsaturated/α-hetero) is 1. The lowest BCUT2D eigenvalue weighted by atomic mass is 10.1. The number of ether oxygens (including phenoxy) is 1. The lowest BCUT2D eigenvalue weighted by Crippen LogP contribution is -2.21. The van der Waals surface area contributed by atoms with Crippen LogP contribution in [0.15, 0.2) is 41.4 Å². The molecule has 0 fully saturated rings. The van der Waals surface area contributed by atoms with E-state index in [1.54, 1.807) is 18.3 Å². The van der Waals surface area contributed by atoms with E-state index in [0.717, 1.165) is 31.2 Å². The number of allylic oxidation sites excluding steroid dienone is 1. The zero-order valence-corrected chi connectivity index (χ0v) is 16.3. The maximum atomic E-state index is 11.7. The van der Waals surface area contributed by atoms with Crippen LogP contribution in [0.5, 0.6) is 0 Å². The number of esters is 1. The van der Waals surface area contributed by atoms with E-state index in [0.29, 0.717) is 0 Å². The molecule has 1 aromatic carbocycles. The molecule has 4 nitrogen and oxygen atoms in total. The Balaban J connectivity index is 0.000000286. The number of ketones is 1. The van der Waals surface area contributed by atoms with E-state index in [1.807, 2.05) is 23.7 Å². The van der Waals surface area contributed by atoms with Gasteiger partial charge < -0.3 is 4.74 Å². The molecule has 0 saturated carbocycles. The van der Waals surface area contributed by atoms with E-state index in [9.17, 15) is 9.59 Å². The summed E-state index contributed by atoms with van der Waals surface area (Å²) in [4.78, 5) is 26.9. The molecule has 0 saturated heterocycles. The highest BCUT2D eigenvalue weighted by Gasteiger charge is 2.19. The van der Waals surface area contributed by atoms with Crippen LogP contribution >= 0.6 is 11.3 Å². The maximum Gasteiger partial charge on any atom is 0.341 e. The summed E-state index contributed by atoms with van der Waals surface area (Å²) in [5.74, 6) is -0.721. The van der Waals surface area contributed by atoms with Gasteiger partial charge in [-0.25, -0.2) is 9.78 Å². The van der Waals surface area contributed by atoms with Crippen molar-refractivity contribution in [2.75, 3.05) is 0 Å². The van der Waals surface area contributed by atoms with Crippen molar-refractivity contribution in [3.05, 3.63) is 41.4 Å². The molecule has 25 heavy (non-hydrogen) atoms. The molecule has 0 aliphatic rings. The third-order valence-electron chi connectivity index (χ3n) is 3.62. The van der Waals surface area contributed by atoms with E-state index >= 15 is 0 Å². The van der Waals surface area contributed by atoms with E-state index in [1.165, 1.54) is 17.7 Å². The first-order valence-corrected chi connectivity index (χ1v) is 9.57. The molecular formula is C20H27NO3S. The van der Waals surface area contributed by atoms with E-state index in [4.69, 9.17) is 4.74 Å². The molecule has 5 heteroatoms. The molecule has 2 rings (SSSR count). The monoisotopic (exact) mass is 361 g/mol. The summed E-state index contributed by atoms with van der Waals surface area (Å²) in [5, 5.41) is 0. The summed E-state index contributed by atoms with van der Waals surface area (Å²) < 4.78 is 6.58. The maximum absolute atomic E-state index is 11.7. The third kappa shape index (κ3) is 7.18. The average Bonchev–Trinajstić information content (AvgIpc) is 3.04. The second kappa shape index (κ2) is 11.5. The molecule has 0 atom stereocenters. The number of fused-ring (bicyclic) bond motifs is 1. The van der Waals surface area contributed by atoms with Gasteiger partial charge >= 0.3 is 5.97 Å².